The maximum Gasteiger partial charge on any atom is 0.172 e. The fourth-order valence-electron chi connectivity index (χ4n) is 4.42. The number of hydrogen-bond acceptors (Lipinski definition) is 4. The van der Waals surface area contributed by atoms with Crippen LogP contribution in [0, 0.1) is 0 Å². The fraction of sp³-hybridized carbons (Fsp3) is 0.269. The summed E-state index contributed by atoms with van der Waals surface area (Å²) in [4.78, 5) is 11.3. The van der Waals surface area contributed by atoms with Crippen molar-refractivity contribution in [2.24, 2.45) is 0 Å². The van der Waals surface area contributed by atoms with Crippen molar-refractivity contribution in [1.82, 2.24) is 24.6 Å². The van der Waals surface area contributed by atoms with Gasteiger partial charge in [-0.3, -0.25) is 4.98 Å². The highest BCUT2D eigenvalue weighted by atomic mass is 35.5. The van der Waals surface area contributed by atoms with Crippen molar-refractivity contribution in [3.8, 4) is 17.1 Å². The van der Waals surface area contributed by atoms with Crippen molar-refractivity contribution in [3.05, 3.63) is 95.5 Å². The minimum Gasteiger partial charge on any atom is -0.303 e. The molecule has 0 saturated carbocycles. The molecule has 4 aromatic rings. The standard InChI is InChI=1S/C26H26ClN5/c27-23-8-6-21(7-9-23)24-18-25(32(30-24)26-19-28-13-14-29-26)22-11-16-31(17-12-22)15-10-20-4-2-1-3-5-20/h1-9,13-14,18-19,22H,10-12,15-17H2. The highest BCUT2D eigenvalue weighted by Crippen LogP contribution is 2.32. The molecular weight excluding hydrogens is 418 g/mol. The van der Waals surface area contributed by atoms with Gasteiger partial charge in [0.15, 0.2) is 5.82 Å². The summed E-state index contributed by atoms with van der Waals surface area (Å²) in [5.41, 5.74) is 4.61. The number of hydrogen-bond donors (Lipinski definition) is 0. The first-order chi connectivity index (χ1) is 15.8. The first-order valence-corrected chi connectivity index (χ1v) is 11.5. The van der Waals surface area contributed by atoms with Crippen molar-refractivity contribution < 1.29 is 0 Å². The molecule has 0 bridgehead atoms. The summed E-state index contributed by atoms with van der Waals surface area (Å²) in [7, 11) is 0. The molecule has 32 heavy (non-hydrogen) atoms. The van der Waals surface area contributed by atoms with Crippen LogP contribution in [-0.2, 0) is 6.42 Å². The van der Waals surface area contributed by atoms with E-state index < -0.39 is 0 Å². The molecular formula is C26H26ClN5. The van der Waals surface area contributed by atoms with Gasteiger partial charge in [-0.1, -0.05) is 54.1 Å². The summed E-state index contributed by atoms with van der Waals surface area (Å²) in [6.07, 6.45) is 8.51. The molecule has 1 fully saturated rings. The quantitative estimate of drug-likeness (QED) is 0.400. The lowest BCUT2D eigenvalue weighted by atomic mass is 9.92. The molecule has 3 heterocycles. The van der Waals surface area contributed by atoms with Gasteiger partial charge in [-0.05, 0) is 56.1 Å². The number of nitrogens with zero attached hydrogens (tertiary/aromatic N) is 5. The average Bonchev–Trinajstić information content (AvgIpc) is 3.30. The number of likely N-dealkylation sites (tertiary alicyclic amines) is 1. The Bertz CT molecular complexity index is 1130. The number of benzene rings is 2. The zero-order valence-electron chi connectivity index (χ0n) is 17.9. The first-order valence-electron chi connectivity index (χ1n) is 11.1. The molecule has 0 unspecified atom stereocenters. The second kappa shape index (κ2) is 9.63. The SMILES string of the molecule is Clc1ccc(-c2cc(C3CCN(CCc4ccccc4)CC3)n(-c3cnccn3)n2)cc1. The molecule has 0 N–H and O–H groups in total. The Kier molecular flexibility index (Phi) is 6.28. The Morgan fingerprint density at radius 1 is 0.938 bits per heavy atom. The maximum atomic E-state index is 6.08. The zero-order chi connectivity index (χ0) is 21.8. The van der Waals surface area contributed by atoms with Crippen LogP contribution in [0.5, 0.6) is 0 Å². The Hall–Kier alpha value is -3.02. The maximum absolute atomic E-state index is 6.08. The average molecular weight is 444 g/mol. The van der Waals surface area contributed by atoms with Crippen LogP contribution < -0.4 is 0 Å². The van der Waals surface area contributed by atoms with Gasteiger partial charge in [-0.25, -0.2) is 9.67 Å². The van der Waals surface area contributed by atoms with Gasteiger partial charge in [0.25, 0.3) is 0 Å². The summed E-state index contributed by atoms with van der Waals surface area (Å²) in [6, 6.07) is 20.8. The second-order valence-corrected chi connectivity index (χ2v) is 8.72. The van der Waals surface area contributed by atoms with E-state index in [0.29, 0.717) is 5.92 Å². The van der Waals surface area contributed by atoms with Crippen LogP contribution in [0.4, 0.5) is 0 Å². The lowest BCUT2D eigenvalue weighted by molar-refractivity contribution is 0.212. The van der Waals surface area contributed by atoms with Crippen LogP contribution >= 0.6 is 11.6 Å². The molecule has 2 aromatic heterocycles. The van der Waals surface area contributed by atoms with Gasteiger partial charge in [-0.15, -0.1) is 0 Å². The summed E-state index contributed by atoms with van der Waals surface area (Å²) in [5.74, 6) is 1.20. The molecule has 2 aromatic carbocycles. The summed E-state index contributed by atoms with van der Waals surface area (Å²) in [6.45, 7) is 3.30. The third-order valence-electron chi connectivity index (χ3n) is 6.21. The molecule has 6 heteroatoms. The summed E-state index contributed by atoms with van der Waals surface area (Å²) in [5, 5.41) is 5.64. The minimum absolute atomic E-state index is 0.443. The topological polar surface area (TPSA) is 46.8 Å². The number of rotatable bonds is 6. The van der Waals surface area contributed by atoms with E-state index in [1.165, 1.54) is 11.3 Å². The van der Waals surface area contributed by atoms with Gasteiger partial charge in [0.2, 0.25) is 0 Å². The molecule has 0 amide bonds. The molecule has 1 aliphatic heterocycles. The highest BCUT2D eigenvalue weighted by Gasteiger charge is 2.25. The Morgan fingerprint density at radius 3 is 2.44 bits per heavy atom. The molecule has 0 aliphatic carbocycles. The number of aromatic nitrogens is 4. The smallest absolute Gasteiger partial charge is 0.172 e. The van der Waals surface area contributed by atoms with Crippen molar-refractivity contribution in [1.29, 1.82) is 0 Å². The third kappa shape index (κ3) is 4.74. The van der Waals surface area contributed by atoms with Crippen molar-refractivity contribution in [3.63, 3.8) is 0 Å². The van der Waals surface area contributed by atoms with Gasteiger partial charge >= 0.3 is 0 Å². The van der Waals surface area contributed by atoms with Gasteiger partial charge < -0.3 is 4.90 Å². The first kappa shape index (κ1) is 20.9. The van der Waals surface area contributed by atoms with Crippen molar-refractivity contribution in [2.45, 2.75) is 25.2 Å². The van der Waals surface area contributed by atoms with Crippen LogP contribution in [-0.4, -0.2) is 44.3 Å². The van der Waals surface area contributed by atoms with Gasteiger partial charge in [0.1, 0.15) is 0 Å². The van der Waals surface area contributed by atoms with Crippen LogP contribution in [0.25, 0.3) is 17.1 Å². The van der Waals surface area contributed by atoms with Crippen LogP contribution in [0.2, 0.25) is 5.02 Å². The van der Waals surface area contributed by atoms with E-state index in [0.717, 1.165) is 61.0 Å². The minimum atomic E-state index is 0.443. The van der Waals surface area contributed by atoms with Gasteiger partial charge in [-0.2, -0.15) is 5.10 Å². The molecule has 0 atom stereocenters. The van der Waals surface area contributed by atoms with Crippen LogP contribution in [0.15, 0.2) is 79.3 Å². The van der Waals surface area contributed by atoms with E-state index in [4.69, 9.17) is 16.7 Å². The van der Waals surface area contributed by atoms with E-state index in [2.05, 4.69) is 51.3 Å². The molecule has 5 nitrogen and oxygen atoms in total. The van der Waals surface area contributed by atoms with Crippen LogP contribution in [0.3, 0.4) is 0 Å². The number of piperidine rings is 1. The lowest BCUT2D eigenvalue weighted by Gasteiger charge is -2.32. The van der Waals surface area contributed by atoms with E-state index in [9.17, 15) is 0 Å². The molecule has 0 radical (unpaired) electrons. The van der Waals surface area contributed by atoms with Crippen molar-refractivity contribution >= 4 is 11.6 Å². The predicted molar refractivity (Wildman–Crippen MR) is 128 cm³/mol. The summed E-state index contributed by atoms with van der Waals surface area (Å²) < 4.78 is 1.97. The van der Waals surface area contributed by atoms with E-state index >= 15 is 0 Å². The predicted octanol–water partition coefficient (Wildman–Crippen LogP) is 5.40. The van der Waals surface area contributed by atoms with E-state index in [1.54, 1.807) is 18.6 Å². The highest BCUT2D eigenvalue weighted by molar-refractivity contribution is 6.30. The molecule has 1 saturated heterocycles. The van der Waals surface area contributed by atoms with Crippen molar-refractivity contribution in [2.75, 3.05) is 19.6 Å². The number of halogens is 1. The van der Waals surface area contributed by atoms with E-state index in [1.807, 2.05) is 28.9 Å². The fourth-order valence-corrected chi connectivity index (χ4v) is 4.54. The summed E-state index contributed by atoms with van der Waals surface area (Å²) >= 11 is 6.08. The largest absolute Gasteiger partial charge is 0.303 e. The zero-order valence-corrected chi connectivity index (χ0v) is 18.7. The molecule has 1 aliphatic rings. The lowest BCUT2D eigenvalue weighted by Crippen LogP contribution is -2.35. The molecule has 0 spiro atoms. The monoisotopic (exact) mass is 443 g/mol. The second-order valence-electron chi connectivity index (χ2n) is 8.29. The molecule has 5 rings (SSSR count). The molecule has 162 valence electrons. The Balaban J connectivity index is 1.34. The third-order valence-corrected chi connectivity index (χ3v) is 6.46. The Morgan fingerprint density at radius 2 is 1.72 bits per heavy atom. The normalized spacial score (nSPS) is 15.2. The Labute approximate surface area is 193 Å². The van der Waals surface area contributed by atoms with Gasteiger partial charge in [0, 0.05) is 41.1 Å². The van der Waals surface area contributed by atoms with E-state index in [-0.39, 0.29) is 0 Å². The van der Waals surface area contributed by atoms with Gasteiger partial charge in [0.05, 0.1) is 11.9 Å². The van der Waals surface area contributed by atoms with Crippen LogP contribution in [0.1, 0.15) is 30.0 Å².